The van der Waals surface area contributed by atoms with Crippen LogP contribution in [0.25, 0.3) is 0 Å². The molecule has 1 aliphatic rings. The molecule has 0 amide bonds. The number of nitriles is 1. The maximum absolute atomic E-state index is 9.00. The molecule has 0 saturated heterocycles. The summed E-state index contributed by atoms with van der Waals surface area (Å²) in [5, 5.41) is 15.7. The Kier molecular flexibility index (Phi) is 3.26. The fraction of sp³-hybridized carbons (Fsp3) is 0.250. The van der Waals surface area contributed by atoms with Gasteiger partial charge in [0.15, 0.2) is 0 Å². The molecule has 2 aromatic rings. The van der Waals surface area contributed by atoms with Gasteiger partial charge in [0.2, 0.25) is 0 Å². The van der Waals surface area contributed by atoms with E-state index in [4.69, 9.17) is 5.26 Å². The molecule has 1 aliphatic heterocycles. The van der Waals surface area contributed by atoms with Gasteiger partial charge in [-0.15, -0.1) is 0 Å². The van der Waals surface area contributed by atoms with Gasteiger partial charge in [0.25, 0.3) is 0 Å². The zero-order chi connectivity index (χ0) is 13.9. The summed E-state index contributed by atoms with van der Waals surface area (Å²) in [6, 6.07) is 12.0. The quantitative estimate of drug-likeness (QED) is 0.873. The third-order valence-electron chi connectivity index (χ3n) is 3.40. The van der Waals surface area contributed by atoms with E-state index < -0.39 is 0 Å². The van der Waals surface area contributed by atoms with Crippen molar-refractivity contribution in [3.05, 3.63) is 47.2 Å². The molecule has 0 aliphatic carbocycles. The second-order valence-electron chi connectivity index (χ2n) is 5.02. The summed E-state index contributed by atoms with van der Waals surface area (Å²) in [7, 11) is 0. The van der Waals surface area contributed by atoms with Crippen molar-refractivity contribution in [2.45, 2.75) is 19.8 Å². The van der Waals surface area contributed by atoms with Crippen molar-refractivity contribution in [2.24, 2.45) is 0 Å². The highest BCUT2D eigenvalue weighted by atomic mass is 15.0. The number of hydrogen-bond acceptors (Lipinski definition) is 4. The lowest BCUT2D eigenvalue weighted by Gasteiger charge is -2.19. The van der Waals surface area contributed by atoms with Crippen LogP contribution in [0.1, 0.15) is 23.2 Å². The number of pyridine rings is 1. The second kappa shape index (κ2) is 5.22. The highest BCUT2D eigenvalue weighted by Crippen LogP contribution is 2.26. The molecule has 0 radical (unpaired) electrons. The van der Waals surface area contributed by atoms with Crippen LogP contribution in [0.4, 0.5) is 17.2 Å². The summed E-state index contributed by atoms with van der Waals surface area (Å²) in [5.74, 6) is 0.713. The van der Waals surface area contributed by atoms with E-state index in [-0.39, 0.29) is 0 Å². The first-order chi connectivity index (χ1) is 9.74. The van der Waals surface area contributed by atoms with Crippen LogP contribution in [0, 0.1) is 18.3 Å². The van der Waals surface area contributed by atoms with E-state index in [9.17, 15) is 0 Å². The van der Waals surface area contributed by atoms with Gasteiger partial charge in [-0.1, -0.05) is 0 Å². The highest BCUT2D eigenvalue weighted by molar-refractivity contribution is 5.65. The van der Waals surface area contributed by atoms with Gasteiger partial charge in [0.05, 0.1) is 11.6 Å². The Labute approximate surface area is 118 Å². The van der Waals surface area contributed by atoms with Crippen LogP contribution >= 0.6 is 0 Å². The van der Waals surface area contributed by atoms with E-state index in [0.29, 0.717) is 11.4 Å². The van der Waals surface area contributed by atoms with E-state index in [2.05, 4.69) is 33.8 Å². The number of aryl methyl sites for hydroxylation is 2. The smallest absolute Gasteiger partial charge is 0.131 e. The second-order valence-corrected chi connectivity index (χ2v) is 5.02. The zero-order valence-electron chi connectivity index (χ0n) is 11.4. The lowest BCUT2D eigenvalue weighted by atomic mass is 10.0. The first-order valence-electron chi connectivity index (χ1n) is 6.77. The number of hydrogen-bond donors (Lipinski definition) is 2. The zero-order valence-corrected chi connectivity index (χ0v) is 11.4. The van der Waals surface area contributed by atoms with Crippen LogP contribution < -0.4 is 10.6 Å². The monoisotopic (exact) mass is 264 g/mol. The number of rotatable bonds is 2. The maximum Gasteiger partial charge on any atom is 0.131 e. The lowest BCUT2D eigenvalue weighted by Crippen LogP contribution is -2.11. The molecule has 4 nitrogen and oxygen atoms in total. The van der Waals surface area contributed by atoms with Crippen molar-refractivity contribution in [3.8, 4) is 6.07 Å². The first kappa shape index (κ1) is 12.5. The molecule has 0 bridgehead atoms. The summed E-state index contributed by atoms with van der Waals surface area (Å²) < 4.78 is 0. The summed E-state index contributed by atoms with van der Waals surface area (Å²) >= 11 is 0. The van der Waals surface area contributed by atoms with Crippen molar-refractivity contribution in [1.29, 1.82) is 5.26 Å². The Morgan fingerprint density at radius 1 is 1.30 bits per heavy atom. The summed E-state index contributed by atoms with van der Waals surface area (Å²) in [6.45, 7) is 2.94. The number of nitrogens with zero attached hydrogens (tertiary/aromatic N) is 2. The molecule has 0 fully saturated rings. The van der Waals surface area contributed by atoms with Crippen LogP contribution in [-0.4, -0.2) is 11.5 Å². The lowest BCUT2D eigenvalue weighted by molar-refractivity contribution is 0.830. The Balaban J connectivity index is 1.88. The maximum atomic E-state index is 9.00. The molecule has 20 heavy (non-hydrogen) atoms. The first-order valence-corrected chi connectivity index (χ1v) is 6.77. The molecular formula is C16H16N4. The minimum Gasteiger partial charge on any atom is -0.385 e. The minimum atomic E-state index is 0.625. The Morgan fingerprint density at radius 2 is 2.20 bits per heavy atom. The predicted octanol–water partition coefficient (Wildman–Crippen LogP) is 3.36. The van der Waals surface area contributed by atoms with Crippen LogP contribution in [0.3, 0.4) is 0 Å². The van der Waals surface area contributed by atoms with Crippen LogP contribution in [0.15, 0.2) is 30.3 Å². The molecular weight excluding hydrogens is 248 g/mol. The fourth-order valence-electron chi connectivity index (χ4n) is 2.50. The average molecular weight is 264 g/mol. The summed E-state index contributed by atoms with van der Waals surface area (Å²) in [4.78, 5) is 4.41. The molecule has 0 spiro atoms. The molecule has 0 atom stereocenters. The van der Waals surface area contributed by atoms with Gasteiger partial charge in [-0.2, -0.15) is 5.26 Å². The SMILES string of the molecule is Cc1cc(C#N)cc(Nc2ccc3c(c2)CCCN3)n1. The van der Waals surface area contributed by atoms with Crippen molar-refractivity contribution >= 4 is 17.2 Å². The fourth-order valence-corrected chi connectivity index (χ4v) is 2.50. The molecule has 3 rings (SSSR count). The Bertz CT molecular complexity index is 685. The highest BCUT2D eigenvalue weighted by Gasteiger charge is 2.09. The Hall–Kier alpha value is -2.54. The molecule has 4 heteroatoms. The standard InChI is InChI=1S/C16H16N4/c1-11-7-12(10-17)8-16(19-11)20-14-4-5-15-13(9-14)3-2-6-18-15/h4-5,7-9,18H,2-3,6H2,1H3,(H,19,20). The van der Waals surface area contributed by atoms with Crippen molar-refractivity contribution in [3.63, 3.8) is 0 Å². The van der Waals surface area contributed by atoms with Gasteiger partial charge >= 0.3 is 0 Å². The van der Waals surface area contributed by atoms with Gasteiger partial charge in [0.1, 0.15) is 5.82 Å². The molecule has 0 unspecified atom stereocenters. The van der Waals surface area contributed by atoms with Crippen molar-refractivity contribution in [2.75, 3.05) is 17.2 Å². The molecule has 2 heterocycles. The molecule has 2 N–H and O–H groups in total. The number of nitrogens with one attached hydrogen (secondary N) is 2. The van der Waals surface area contributed by atoms with Crippen LogP contribution in [-0.2, 0) is 6.42 Å². The minimum absolute atomic E-state index is 0.625. The number of benzene rings is 1. The third-order valence-corrected chi connectivity index (χ3v) is 3.40. The van der Waals surface area contributed by atoms with Gasteiger partial charge < -0.3 is 10.6 Å². The van der Waals surface area contributed by atoms with Crippen LogP contribution in [0.2, 0.25) is 0 Å². The van der Waals surface area contributed by atoms with E-state index in [1.54, 1.807) is 12.1 Å². The number of aromatic nitrogens is 1. The molecule has 100 valence electrons. The Morgan fingerprint density at radius 3 is 3.05 bits per heavy atom. The molecule has 1 aromatic heterocycles. The predicted molar refractivity (Wildman–Crippen MR) is 80.2 cm³/mol. The average Bonchev–Trinajstić information content (AvgIpc) is 2.46. The van der Waals surface area contributed by atoms with Gasteiger partial charge in [0, 0.05) is 23.6 Å². The van der Waals surface area contributed by atoms with E-state index >= 15 is 0 Å². The summed E-state index contributed by atoms with van der Waals surface area (Å²) in [5.41, 5.74) is 5.02. The number of fused-ring (bicyclic) bond motifs is 1. The largest absolute Gasteiger partial charge is 0.385 e. The van der Waals surface area contributed by atoms with Crippen molar-refractivity contribution < 1.29 is 0 Å². The molecule has 0 saturated carbocycles. The van der Waals surface area contributed by atoms with Crippen LogP contribution in [0.5, 0.6) is 0 Å². The van der Waals surface area contributed by atoms with Gasteiger partial charge in [-0.3, -0.25) is 0 Å². The third kappa shape index (κ3) is 2.57. The van der Waals surface area contributed by atoms with E-state index in [1.165, 1.54) is 11.3 Å². The topological polar surface area (TPSA) is 60.7 Å². The number of anilines is 3. The van der Waals surface area contributed by atoms with Gasteiger partial charge in [-0.25, -0.2) is 4.98 Å². The normalized spacial score (nSPS) is 13.0. The van der Waals surface area contributed by atoms with E-state index in [0.717, 1.165) is 30.8 Å². The molecule has 1 aromatic carbocycles. The van der Waals surface area contributed by atoms with Crippen molar-refractivity contribution in [1.82, 2.24) is 4.98 Å². The van der Waals surface area contributed by atoms with E-state index in [1.807, 2.05) is 13.0 Å². The van der Waals surface area contributed by atoms with Gasteiger partial charge in [-0.05, 0) is 55.7 Å². The summed E-state index contributed by atoms with van der Waals surface area (Å²) in [6.07, 6.45) is 2.26.